The van der Waals surface area contributed by atoms with Crippen LogP contribution in [0.5, 0.6) is 5.75 Å². The van der Waals surface area contributed by atoms with Crippen LogP contribution >= 0.6 is 0 Å². The number of fused-ring (bicyclic) bond motifs is 3. The van der Waals surface area contributed by atoms with Gasteiger partial charge in [-0.05, 0) is 35.9 Å². The van der Waals surface area contributed by atoms with Crippen LogP contribution in [0.25, 0.3) is 16.5 Å². The second kappa shape index (κ2) is 6.68. The van der Waals surface area contributed by atoms with Crippen LogP contribution in [-0.4, -0.2) is 9.78 Å². The Kier molecular flexibility index (Phi) is 3.97. The molecule has 1 unspecified atom stereocenters. The number of nitrogens with zero attached hydrogens (tertiary/aromatic N) is 2. The topological polar surface area (TPSA) is 96.8 Å². The fourth-order valence-electron chi connectivity index (χ4n) is 4.19. The van der Waals surface area contributed by atoms with Crippen molar-refractivity contribution in [1.82, 2.24) is 9.78 Å². The van der Waals surface area contributed by atoms with Crippen molar-refractivity contribution >= 4 is 10.8 Å². The molecule has 6 nitrogen and oxygen atoms in total. The number of ether oxygens (including phenoxy) is 1. The Morgan fingerprint density at radius 3 is 2.53 bits per heavy atom. The van der Waals surface area contributed by atoms with E-state index in [-0.39, 0.29) is 17.0 Å². The minimum absolute atomic E-state index is 0.0246. The van der Waals surface area contributed by atoms with Crippen LogP contribution in [0.2, 0.25) is 0 Å². The van der Waals surface area contributed by atoms with E-state index in [1.807, 2.05) is 73.7 Å². The lowest BCUT2D eigenvalue weighted by molar-refractivity contribution is 0.394. The van der Waals surface area contributed by atoms with Gasteiger partial charge in [0.1, 0.15) is 17.4 Å². The normalized spacial score (nSPS) is 15.5. The zero-order chi connectivity index (χ0) is 20.8. The van der Waals surface area contributed by atoms with Crippen LogP contribution in [0.4, 0.5) is 0 Å². The van der Waals surface area contributed by atoms with Crippen molar-refractivity contribution in [2.75, 3.05) is 0 Å². The molecule has 3 aromatic carbocycles. The van der Waals surface area contributed by atoms with Gasteiger partial charge in [0, 0.05) is 11.3 Å². The first kappa shape index (κ1) is 17.8. The molecule has 1 aliphatic heterocycles. The number of aromatic nitrogens is 2. The Morgan fingerprint density at radius 2 is 1.77 bits per heavy atom. The molecule has 0 fully saturated rings. The lowest BCUT2D eigenvalue weighted by atomic mass is 9.81. The van der Waals surface area contributed by atoms with Crippen LogP contribution < -0.4 is 16.0 Å². The van der Waals surface area contributed by atoms with E-state index in [2.05, 4.69) is 11.2 Å². The third kappa shape index (κ3) is 2.53. The minimum Gasteiger partial charge on any atom is -0.440 e. The summed E-state index contributed by atoms with van der Waals surface area (Å²) in [5, 5.41) is 15.0. The first-order chi connectivity index (χ1) is 14.6. The number of rotatable bonds is 2. The number of aromatic amines is 1. The standard InChI is InChI=1S/C24H18N4O2/c1-14-20(24(29)28(27-14)16-8-3-2-4-9-16)22-18(13-25)23(26)30-19-12-11-15-7-5-6-10-17(15)21(19)22/h2-12,22,27H,26H2,1H3. The van der Waals surface area contributed by atoms with E-state index >= 15 is 0 Å². The zero-order valence-corrected chi connectivity index (χ0v) is 16.2. The number of allylic oxidation sites excluding steroid dienone is 1. The number of nitriles is 1. The first-order valence-corrected chi connectivity index (χ1v) is 9.56. The van der Waals surface area contributed by atoms with Crippen LogP contribution in [0.15, 0.2) is 83.0 Å². The Labute approximate surface area is 172 Å². The molecule has 0 bridgehead atoms. The van der Waals surface area contributed by atoms with Gasteiger partial charge in [0.2, 0.25) is 5.88 Å². The number of H-pyrrole nitrogens is 1. The van der Waals surface area contributed by atoms with Gasteiger partial charge in [-0.15, -0.1) is 0 Å². The summed E-state index contributed by atoms with van der Waals surface area (Å²) in [5.41, 5.74) is 8.78. The highest BCUT2D eigenvalue weighted by Crippen LogP contribution is 2.45. The largest absolute Gasteiger partial charge is 0.440 e. The molecule has 0 saturated heterocycles. The van der Waals surface area contributed by atoms with Crippen molar-refractivity contribution in [2.24, 2.45) is 5.73 Å². The summed E-state index contributed by atoms with van der Waals surface area (Å²) in [6.07, 6.45) is 0. The maximum absolute atomic E-state index is 13.5. The van der Waals surface area contributed by atoms with E-state index in [0.29, 0.717) is 17.0 Å². The molecule has 0 radical (unpaired) electrons. The van der Waals surface area contributed by atoms with E-state index in [1.54, 1.807) is 0 Å². The molecule has 1 aliphatic rings. The van der Waals surface area contributed by atoms with Crippen molar-refractivity contribution in [3.05, 3.63) is 105 Å². The number of para-hydroxylation sites is 1. The summed E-state index contributed by atoms with van der Waals surface area (Å²) in [5.74, 6) is -0.0448. The molecule has 6 heteroatoms. The first-order valence-electron chi connectivity index (χ1n) is 9.56. The Balaban J connectivity index is 1.84. The number of aryl methyl sites for hydroxylation is 1. The summed E-state index contributed by atoms with van der Waals surface area (Å²) in [6.45, 7) is 1.83. The SMILES string of the molecule is Cc1[nH]n(-c2ccccc2)c(=O)c1C1C(C#N)=C(N)Oc2ccc3ccccc3c21. The second-order valence-electron chi connectivity index (χ2n) is 7.25. The number of nitrogens with two attached hydrogens (primary N) is 1. The van der Waals surface area contributed by atoms with E-state index < -0.39 is 5.92 Å². The summed E-state index contributed by atoms with van der Waals surface area (Å²) < 4.78 is 7.28. The summed E-state index contributed by atoms with van der Waals surface area (Å²) in [6, 6.07) is 23.1. The Morgan fingerprint density at radius 1 is 1.03 bits per heavy atom. The van der Waals surface area contributed by atoms with E-state index in [1.165, 1.54) is 4.68 Å². The van der Waals surface area contributed by atoms with Gasteiger partial charge in [-0.25, -0.2) is 4.68 Å². The molecular formula is C24H18N4O2. The molecule has 0 amide bonds. The fraction of sp³-hybridized carbons (Fsp3) is 0.0833. The lowest BCUT2D eigenvalue weighted by Crippen LogP contribution is -2.26. The van der Waals surface area contributed by atoms with Crippen molar-refractivity contribution in [2.45, 2.75) is 12.8 Å². The maximum Gasteiger partial charge on any atom is 0.275 e. The van der Waals surface area contributed by atoms with Gasteiger partial charge >= 0.3 is 0 Å². The Hall–Kier alpha value is -4.24. The molecule has 0 aliphatic carbocycles. The van der Waals surface area contributed by atoms with Gasteiger partial charge in [0.25, 0.3) is 5.56 Å². The molecule has 1 aromatic heterocycles. The lowest BCUT2D eigenvalue weighted by Gasteiger charge is -2.27. The summed E-state index contributed by atoms with van der Waals surface area (Å²) in [7, 11) is 0. The molecular weight excluding hydrogens is 376 g/mol. The van der Waals surface area contributed by atoms with Crippen LogP contribution in [0.3, 0.4) is 0 Å². The summed E-state index contributed by atoms with van der Waals surface area (Å²) in [4.78, 5) is 13.5. The third-order valence-corrected chi connectivity index (χ3v) is 5.53. The van der Waals surface area contributed by atoms with Crippen LogP contribution in [-0.2, 0) is 0 Å². The van der Waals surface area contributed by atoms with Crippen molar-refractivity contribution in [1.29, 1.82) is 5.26 Å². The Bertz CT molecular complexity index is 1420. The molecule has 0 saturated carbocycles. The molecule has 30 heavy (non-hydrogen) atoms. The van der Waals surface area contributed by atoms with Gasteiger partial charge in [0.05, 0.1) is 17.2 Å². The second-order valence-corrected chi connectivity index (χ2v) is 7.25. The fourth-order valence-corrected chi connectivity index (χ4v) is 4.19. The third-order valence-electron chi connectivity index (χ3n) is 5.53. The van der Waals surface area contributed by atoms with Gasteiger partial charge in [-0.2, -0.15) is 5.26 Å². The quantitative estimate of drug-likeness (QED) is 0.540. The molecule has 0 spiro atoms. The highest BCUT2D eigenvalue weighted by molar-refractivity contribution is 5.90. The smallest absolute Gasteiger partial charge is 0.275 e. The number of hydrogen-bond acceptors (Lipinski definition) is 4. The summed E-state index contributed by atoms with van der Waals surface area (Å²) >= 11 is 0. The van der Waals surface area contributed by atoms with Crippen molar-refractivity contribution < 1.29 is 4.74 Å². The van der Waals surface area contributed by atoms with E-state index in [4.69, 9.17) is 10.5 Å². The van der Waals surface area contributed by atoms with Gasteiger partial charge in [0.15, 0.2) is 0 Å². The highest BCUT2D eigenvalue weighted by Gasteiger charge is 2.36. The number of nitrogens with one attached hydrogen (secondary N) is 1. The molecule has 2 heterocycles. The molecule has 1 atom stereocenters. The maximum atomic E-state index is 13.5. The average molecular weight is 394 g/mol. The predicted molar refractivity (Wildman–Crippen MR) is 114 cm³/mol. The van der Waals surface area contributed by atoms with Gasteiger partial charge in [-0.1, -0.05) is 48.5 Å². The minimum atomic E-state index is -0.626. The van der Waals surface area contributed by atoms with E-state index in [0.717, 1.165) is 22.0 Å². The van der Waals surface area contributed by atoms with Crippen LogP contribution in [0.1, 0.15) is 22.7 Å². The molecule has 5 rings (SSSR count). The number of hydrogen-bond donors (Lipinski definition) is 2. The zero-order valence-electron chi connectivity index (χ0n) is 16.2. The monoisotopic (exact) mass is 394 g/mol. The molecule has 3 N–H and O–H groups in total. The average Bonchev–Trinajstić information content (AvgIpc) is 3.07. The van der Waals surface area contributed by atoms with Gasteiger partial charge in [-0.3, -0.25) is 9.89 Å². The van der Waals surface area contributed by atoms with Gasteiger partial charge < -0.3 is 10.5 Å². The van der Waals surface area contributed by atoms with Crippen LogP contribution in [0, 0.1) is 18.3 Å². The van der Waals surface area contributed by atoms with Crippen molar-refractivity contribution in [3.63, 3.8) is 0 Å². The molecule has 4 aromatic rings. The molecule has 146 valence electrons. The van der Waals surface area contributed by atoms with Crippen molar-refractivity contribution in [3.8, 4) is 17.5 Å². The number of benzene rings is 3. The highest BCUT2D eigenvalue weighted by atomic mass is 16.5. The predicted octanol–water partition coefficient (Wildman–Crippen LogP) is 3.85. The van der Waals surface area contributed by atoms with E-state index in [9.17, 15) is 10.1 Å².